The molecule has 1 saturated heterocycles. The number of thiophene rings is 1. The fourth-order valence-corrected chi connectivity index (χ4v) is 4.91. The van der Waals surface area contributed by atoms with E-state index >= 15 is 0 Å². The van der Waals surface area contributed by atoms with E-state index in [0.717, 1.165) is 24.5 Å². The van der Waals surface area contributed by atoms with Gasteiger partial charge in [0.15, 0.2) is 0 Å². The zero-order valence-corrected chi connectivity index (χ0v) is 13.0. The van der Waals surface area contributed by atoms with Gasteiger partial charge in [-0.2, -0.15) is 0 Å². The van der Waals surface area contributed by atoms with Gasteiger partial charge in [-0.3, -0.25) is 0 Å². The molecule has 1 aliphatic heterocycles. The van der Waals surface area contributed by atoms with Gasteiger partial charge in [-0.1, -0.05) is 6.42 Å². The average molecular weight is 329 g/mol. The highest BCUT2D eigenvalue weighted by atomic mass is 79.9. The Morgan fingerprint density at radius 3 is 2.94 bits per heavy atom. The van der Waals surface area contributed by atoms with Crippen molar-refractivity contribution < 1.29 is 0 Å². The van der Waals surface area contributed by atoms with Crippen molar-refractivity contribution in [3.05, 3.63) is 20.8 Å². The second-order valence-electron chi connectivity index (χ2n) is 5.49. The van der Waals surface area contributed by atoms with E-state index in [4.69, 9.17) is 0 Å². The molecule has 1 aliphatic carbocycles. The van der Waals surface area contributed by atoms with Crippen molar-refractivity contribution in [2.45, 2.75) is 50.7 Å². The third-order valence-corrected chi connectivity index (χ3v) is 5.98. The molecule has 0 spiro atoms. The molecular weight excluding hydrogens is 308 g/mol. The topological polar surface area (TPSA) is 24.1 Å². The van der Waals surface area contributed by atoms with E-state index in [9.17, 15) is 0 Å². The average Bonchev–Trinajstić information content (AvgIpc) is 3.07. The molecule has 1 aromatic heterocycles. The van der Waals surface area contributed by atoms with Gasteiger partial charge in [0.2, 0.25) is 0 Å². The summed E-state index contributed by atoms with van der Waals surface area (Å²) in [6, 6.07) is 5.87. The smallest absolute Gasteiger partial charge is 0.0701 e. The molecule has 2 fully saturated rings. The van der Waals surface area contributed by atoms with Crippen LogP contribution in [0, 0.1) is 5.92 Å². The van der Waals surface area contributed by atoms with Crippen molar-refractivity contribution in [1.29, 1.82) is 0 Å². The van der Waals surface area contributed by atoms with Crippen LogP contribution in [0.5, 0.6) is 0 Å². The highest BCUT2D eigenvalue weighted by molar-refractivity contribution is 9.11. The molecule has 2 nitrogen and oxygen atoms in total. The Morgan fingerprint density at radius 2 is 2.22 bits per heavy atom. The first-order chi connectivity index (χ1) is 8.83. The molecule has 1 saturated carbocycles. The normalized spacial score (nSPS) is 32.2. The SMILES string of the molecule is Brc1ccc(CNC2CCCC2C2CCCN2)s1. The quantitative estimate of drug-likeness (QED) is 0.883. The molecule has 3 atom stereocenters. The first-order valence-electron chi connectivity index (χ1n) is 7.04. The van der Waals surface area contributed by atoms with Crippen LogP contribution < -0.4 is 10.6 Å². The van der Waals surface area contributed by atoms with Crippen LogP contribution in [0.2, 0.25) is 0 Å². The monoisotopic (exact) mass is 328 g/mol. The van der Waals surface area contributed by atoms with E-state index in [2.05, 4.69) is 38.7 Å². The minimum atomic E-state index is 0.724. The first kappa shape index (κ1) is 13.1. The minimum Gasteiger partial charge on any atom is -0.314 e. The molecule has 4 heteroatoms. The number of hydrogen-bond donors (Lipinski definition) is 2. The van der Waals surface area contributed by atoms with Crippen molar-refractivity contribution in [2.75, 3.05) is 6.54 Å². The minimum absolute atomic E-state index is 0.724. The van der Waals surface area contributed by atoms with E-state index in [1.165, 1.54) is 47.3 Å². The summed E-state index contributed by atoms with van der Waals surface area (Å²) in [7, 11) is 0. The Hall–Kier alpha value is 0.1000. The van der Waals surface area contributed by atoms with Crippen LogP contribution >= 0.6 is 27.3 Å². The fourth-order valence-electron chi connectivity index (χ4n) is 3.48. The molecule has 0 aromatic carbocycles. The van der Waals surface area contributed by atoms with Crippen LogP contribution in [0.4, 0.5) is 0 Å². The number of nitrogens with one attached hydrogen (secondary N) is 2. The molecule has 3 rings (SSSR count). The molecular formula is C14H21BrN2S. The summed E-state index contributed by atoms with van der Waals surface area (Å²) in [5.41, 5.74) is 0. The third kappa shape index (κ3) is 2.98. The van der Waals surface area contributed by atoms with Gasteiger partial charge in [0.25, 0.3) is 0 Å². The lowest BCUT2D eigenvalue weighted by atomic mass is 9.93. The molecule has 0 bridgehead atoms. The summed E-state index contributed by atoms with van der Waals surface area (Å²) >= 11 is 5.38. The van der Waals surface area contributed by atoms with Gasteiger partial charge in [0.05, 0.1) is 3.79 Å². The van der Waals surface area contributed by atoms with Crippen molar-refractivity contribution in [1.82, 2.24) is 10.6 Å². The van der Waals surface area contributed by atoms with Gasteiger partial charge in [-0.05, 0) is 66.2 Å². The van der Waals surface area contributed by atoms with Crippen LogP contribution in [-0.4, -0.2) is 18.6 Å². The second kappa shape index (κ2) is 6.04. The summed E-state index contributed by atoms with van der Waals surface area (Å²) < 4.78 is 1.24. The Bertz CT molecular complexity index is 387. The van der Waals surface area contributed by atoms with E-state index in [1.54, 1.807) is 0 Å². The lowest BCUT2D eigenvalue weighted by Crippen LogP contribution is -2.41. The molecule has 2 aliphatic rings. The van der Waals surface area contributed by atoms with Crippen molar-refractivity contribution in [3.8, 4) is 0 Å². The Morgan fingerprint density at radius 1 is 1.28 bits per heavy atom. The maximum atomic E-state index is 3.79. The van der Waals surface area contributed by atoms with Crippen LogP contribution in [-0.2, 0) is 6.54 Å². The zero-order chi connectivity index (χ0) is 12.4. The number of halogens is 1. The van der Waals surface area contributed by atoms with Gasteiger partial charge in [-0.15, -0.1) is 11.3 Å². The molecule has 2 N–H and O–H groups in total. The van der Waals surface area contributed by atoms with Gasteiger partial charge >= 0.3 is 0 Å². The standard InChI is InChI=1S/C14H21BrN2S/c15-14-7-6-10(18-14)9-17-13-4-1-3-11(13)12-5-2-8-16-12/h6-7,11-13,16-17H,1-5,8-9H2. The van der Waals surface area contributed by atoms with E-state index < -0.39 is 0 Å². The van der Waals surface area contributed by atoms with Crippen molar-refractivity contribution in [3.63, 3.8) is 0 Å². The molecule has 2 heterocycles. The Kier molecular flexibility index (Phi) is 4.39. The van der Waals surface area contributed by atoms with Gasteiger partial charge in [-0.25, -0.2) is 0 Å². The van der Waals surface area contributed by atoms with Crippen molar-refractivity contribution in [2.24, 2.45) is 5.92 Å². The molecule has 1 aromatic rings. The van der Waals surface area contributed by atoms with Crippen molar-refractivity contribution >= 4 is 27.3 Å². The summed E-state index contributed by atoms with van der Waals surface area (Å²) in [6.45, 7) is 2.26. The largest absolute Gasteiger partial charge is 0.314 e. The van der Waals surface area contributed by atoms with Gasteiger partial charge < -0.3 is 10.6 Å². The Labute approximate surface area is 122 Å². The van der Waals surface area contributed by atoms with Crippen LogP contribution in [0.1, 0.15) is 37.0 Å². The maximum Gasteiger partial charge on any atom is 0.0701 e. The first-order valence-corrected chi connectivity index (χ1v) is 8.65. The fraction of sp³-hybridized carbons (Fsp3) is 0.714. The molecule has 100 valence electrons. The number of hydrogen-bond acceptors (Lipinski definition) is 3. The third-order valence-electron chi connectivity index (χ3n) is 4.35. The molecule has 18 heavy (non-hydrogen) atoms. The van der Waals surface area contributed by atoms with Crippen LogP contribution in [0.15, 0.2) is 15.9 Å². The van der Waals surface area contributed by atoms with Gasteiger partial charge in [0, 0.05) is 23.5 Å². The summed E-state index contributed by atoms with van der Waals surface area (Å²) in [5.74, 6) is 0.857. The van der Waals surface area contributed by atoms with Crippen LogP contribution in [0.3, 0.4) is 0 Å². The Balaban J connectivity index is 1.54. The zero-order valence-electron chi connectivity index (χ0n) is 10.6. The lowest BCUT2D eigenvalue weighted by Gasteiger charge is -2.26. The molecule has 3 unspecified atom stereocenters. The van der Waals surface area contributed by atoms with Crippen LogP contribution in [0.25, 0.3) is 0 Å². The highest BCUT2D eigenvalue weighted by Gasteiger charge is 2.34. The van der Waals surface area contributed by atoms with E-state index in [-0.39, 0.29) is 0 Å². The van der Waals surface area contributed by atoms with E-state index in [1.807, 2.05) is 11.3 Å². The lowest BCUT2D eigenvalue weighted by molar-refractivity contribution is 0.320. The summed E-state index contributed by atoms with van der Waals surface area (Å²) in [5, 5.41) is 7.47. The number of rotatable bonds is 4. The molecule has 0 amide bonds. The highest BCUT2D eigenvalue weighted by Crippen LogP contribution is 2.32. The second-order valence-corrected chi connectivity index (χ2v) is 8.04. The predicted molar refractivity (Wildman–Crippen MR) is 81.0 cm³/mol. The summed E-state index contributed by atoms with van der Waals surface area (Å²) in [6.07, 6.45) is 6.91. The maximum absolute atomic E-state index is 3.79. The summed E-state index contributed by atoms with van der Waals surface area (Å²) in [4.78, 5) is 1.44. The van der Waals surface area contributed by atoms with Gasteiger partial charge in [0.1, 0.15) is 0 Å². The molecule has 0 radical (unpaired) electrons. The predicted octanol–water partition coefficient (Wildman–Crippen LogP) is 3.52. The van der Waals surface area contributed by atoms with E-state index in [0.29, 0.717) is 0 Å².